The Morgan fingerprint density at radius 3 is 2.75 bits per heavy atom. The molecular formula is C12H15F2NO. The number of hydrogen-bond donors (Lipinski definition) is 1. The van der Waals surface area contributed by atoms with E-state index in [1.165, 1.54) is 6.07 Å². The highest BCUT2D eigenvalue weighted by molar-refractivity contribution is 5.24. The summed E-state index contributed by atoms with van der Waals surface area (Å²) in [7, 11) is 0. The van der Waals surface area contributed by atoms with Gasteiger partial charge in [-0.2, -0.15) is 0 Å². The minimum Gasteiger partial charge on any atom is -0.486 e. The maximum Gasteiger partial charge on any atom is 0.162 e. The first kappa shape index (κ1) is 11.3. The monoisotopic (exact) mass is 227 g/mol. The van der Waals surface area contributed by atoms with E-state index in [4.69, 9.17) is 4.74 Å². The fraction of sp³-hybridized carbons (Fsp3) is 0.500. The van der Waals surface area contributed by atoms with Gasteiger partial charge in [0.2, 0.25) is 0 Å². The van der Waals surface area contributed by atoms with Crippen molar-refractivity contribution in [3.63, 3.8) is 0 Å². The second-order valence-corrected chi connectivity index (χ2v) is 4.41. The number of piperidine rings is 1. The van der Waals surface area contributed by atoms with E-state index in [0.717, 1.165) is 38.1 Å². The molecule has 1 saturated heterocycles. The quantitative estimate of drug-likeness (QED) is 0.838. The molecule has 4 heteroatoms. The fourth-order valence-corrected chi connectivity index (χ4v) is 1.94. The van der Waals surface area contributed by atoms with E-state index in [0.29, 0.717) is 5.75 Å². The van der Waals surface area contributed by atoms with Crippen LogP contribution in [0.2, 0.25) is 0 Å². The summed E-state index contributed by atoms with van der Waals surface area (Å²) in [6.45, 7) is 3.68. The van der Waals surface area contributed by atoms with E-state index in [1.54, 1.807) is 0 Å². The molecule has 2 nitrogen and oxygen atoms in total. The molecule has 1 heterocycles. The third kappa shape index (κ3) is 2.50. The lowest BCUT2D eigenvalue weighted by atomic mass is 9.96. The van der Waals surface area contributed by atoms with Crippen LogP contribution in [-0.2, 0) is 0 Å². The van der Waals surface area contributed by atoms with Crippen molar-refractivity contribution in [3.8, 4) is 5.75 Å². The van der Waals surface area contributed by atoms with Crippen LogP contribution in [0.5, 0.6) is 5.75 Å². The molecule has 0 bridgehead atoms. The summed E-state index contributed by atoms with van der Waals surface area (Å²) in [6.07, 6.45) is 1.94. The van der Waals surface area contributed by atoms with Gasteiger partial charge >= 0.3 is 0 Å². The Kier molecular flexibility index (Phi) is 3.10. The van der Waals surface area contributed by atoms with Crippen LogP contribution < -0.4 is 10.1 Å². The van der Waals surface area contributed by atoms with Crippen molar-refractivity contribution in [2.75, 3.05) is 13.1 Å². The Morgan fingerprint density at radius 2 is 2.12 bits per heavy atom. The zero-order valence-corrected chi connectivity index (χ0v) is 9.22. The molecule has 0 spiro atoms. The highest BCUT2D eigenvalue weighted by atomic mass is 19.2. The average molecular weight is 227 g/mol. The highest BCUT2D eigenvalue weighted by Crippen LogP contribution is 2.25. The second-order valence-electron chi connectivity index (χ2n) is 4.41. The molecule has 1 aliphatic rings. The third-order valence-electron chi connectivity index (χ3n) is 2.81. The third-order valence-corrected chi connectivity index (χ3v) is 2.81. The van der Waals surface area contributed by atoms with Crippen LogP contribution in [0.3, 0.4) is 0 Å². The summed E-state index contributed by atoms with van der Waals surface area (Å²) in [5.41, 5.74) is -0.331. The number of nitrogens with one attached hydrogen (secondary N) is 1. The molecule has 1 aromatic carbocycles. The Labute approximate surface area is 93.6 Å². The summed E-state index contributed by atoms with van der Waals surface area (Å²) in [5.74, 6) is -1.34. The van der Waals surface area contributed by atoms with Crippen molar-refractivity contribution in [1.82, 2.24) is 5.32 Å². The van der Waals surface area contributed by atoms with Gasteiger partial charge in [0.15, 0.2) is 11.6 Å². The van der Waals surface area contributed by atoms with Crippen molar-refractivity contribution in [2.45, 2.75) is 25.4 Å². The molecule has 0 aromatic heterocycles. The average Bonchev–Trinajstić information content (AvgIpc) is 2.24. The zero-order valence-electron chi connectivity index (χ0n) is 9.22. The van der Waals surface area contributed by atoms with Crippen molar-refractivity contribution >= 4 is 0 Å². The van der Waals surface area contributed by atoms with Gasteiger partial charge in [-0.1, -0.05) is 0 Å². The van der Waals surface area contributed by atoms with Crippen LogP contribution >= 0.6 is 0 Å². The maximum absolute atomic E-state index is 13.0. The number of rotatable bonds is 2. The van der Waals surface area contributed by atoms with Crippen LogP contribution in [0, 0.1) is 11.6 Å². The van der Waals surface area contributed by atoms with E-state index < -0.39 is 11.6 Å². The zero-order chi connectivity index (χ0) is 11.6. The van der Waals surface area contributed by atoms with Gasteiger partial charge < -0.3 is 10.1 Å². The molecule has 0 aliphatic carbocycles. The molecule has 0 saturated carbocycles. The van der Waals surface area contributed by atoms with Crippen LogP contribution in [0.4, 0.5) is 8.78 Å². The van der Waals surface area contributed by atoms with Gasteiger partial charge in [-0.3, -0.25) is 0 Å². The van der Waals surface area contributed by atoms with Crippen LogP contribution in [-0.4, -0.2) is 18.7 Å². The Hall–Kier alpha value is -1.16. The smallest absolute Gasteiger partial charge is 0.162 e. The summed E-state index contributed by atoms with van der Waals surface area (Å²) >= 11 is 0. The summed E-state index contributed by atoms with van der Waals surface area (Å²) < 4.78 is 31.4. The molecule has 2 rings (SSSR count). The normalized spacial score (nSPS) is 25.4. The SMILES string of the molecule is CC1(Oc2ccc(F)c(F)c2)CCCNC1. The van der Waals surface area contributed by atoms with Gasteiger partial charge in [0, 0.05) is 12.6 Å². The Balaban J connectivity index is 2.10. The Bertz CT molecular complexity index is 375. The molecule has 1 N–H and O–H groups in total. The topological polar surface area (TPSA) is 21.3 Å². The van der Waals surface area contributed by atoms with Crippen LogP contribution in [0.15, 0.2) is 18.2 Å². The summed E-state index contributed by atoms with van der Waals surface area (Å²) in [5, 5.41) is 3.23. The molecule has 1 fully saturated rings. The standard InChI is InChI=1S/C12H15F2NO/c1-12(5-2-6-15-8-12)16-9-3-4-10(13)11(14)7-9/h3-4,7,15H,2,5-6,8H2,1H3. The first-order valence-electron chi connectivity index (χ1n) is 5.44. The van der Waals surface area contributed by atoms with Gasteiger partial charge in [0.1, 0.15) is 11.4 Å². The predicted molar refractivity (Wildman–Crippen MR) is 57.5 cm³/mol. The van der Waals surface area contributed by atoms with Gasteiger partial charge in [-0.15, -0.1) is 0 Å². The first-order valence-corrected chi connectivity index (χ1v) is 5.44. The highest BCUT2D eigenvalue weighted by Gasteiger charge is 2.28. The van der Waals surface area contributed by atoms with E-state index in [1.807, 2.05) is 6.92 Å². The van der Waals surface area contributed by atoms with Gasteiger partial charge in [0.05, 0.1) is 0 Å². The minimum absolute atomic E-state index is 0.331. The van der Waals surface area contributed by atoms with Gasteiger partial charge in [-0.05, 0) is 38.4 Å². The van der Waals surface area contributed by atoms with E-state index in [-0.39, 0.29) is 5.60 Å². The van der Waals surface area contributed by atoms with Crippen molar-refractivity contribution in [1.29, 1.82) is 0 Å². The van der Waals surface area contributed by atoms with E-state index in [9.17, 15) is 8.78 Å². The predicted octanol–water partition coefficient (Wildman–Crippen LogP) is 2.49. The number of ether oxygens (including phenoxy) is 1. The minimum atomic E-state index is -0.870. The summed E-state index contributed by atoms with van der Waals surface area (Å²) in [4.78, 5) is 0. The second kappa shape index (κ2) is 4.37. The maximum atomic E-state index is 13.0. The number of hydrogen-bond acceptors (Lipinski definition) is 2. The molecule has 1 aliphatic heterocycles. The van der Waals surface area contributed by atoms with E-state index >= 15 is 0 Å². The molecule has 0 amide bonds. The molecule has 1 unspecified atom stereocenters. The van der Waals surface area contributed by atoms with Crippen LogP contribution in [0.1, 0.15) is 19.8 Å². The van der Waals surface area contributed by atoms with Gasteiger partial charge in [0.25, 0.3) is 0 Å². The molecule has 1 atom stereocenters. The molecule has 16 heavy (non-hydrogen) atoms. The van der Waals surface area contributed by atoms with Crippen LogP contribution in [0.25, 0.3) is 0 Å². The van der Waals surface area contributed by atoms with Crippen molar-refractivity contribution < 1.29 is 13.5 Å². The molecular weight excluding hydrogens is 212 g/mol. The van der Waals surface area contributed by atoms with Crippen molar-refractivity contribution in [3.05, 3.63) is 29.8 Å². The number of benzene rings is 1. The number of halogens is 2. The summed E-state index contributed by atoms with van der Waals surface area (Å²) in [6, 6.07) is 3.64. The lowest BCUT2D eigenvalue weighted by molar-refractivity contribution is 0.0610. The molecule has 88 valence electrons. The largest absolute Gasteiger partial charge is 0.486 e. The lowest BCUT2D eigenvalue weighted by Gasteiger charge is -2.34. The fourth-order valence-electron chi connectivity index (χ4n) is 1.94. The van der Waals surface area contributed by atoms with E-state index in [2.05, 4.69) is 5.32 Å². The van der Waals surface area contributed by atoms with Crippen molar-refractivity contribution in [2.24, 2.45) is 0 Å². The molecule has 1 aromatic rings. The lowest BCUT2D eigenvalue weighted by Crippen LogP contribution is -2.47. The van der Waals surface area contributed by atoms with Gasteiger partial charge in [-0.25, -0.2) is 8.78 Å². The Morgan fingerprint density at radius 1 is 1.31 bits per heavy atom. The molecule has 0 radical (unpaired) electrons. The first-order chi connectivity index (χ1) is 7.59.